The number of aromatic nitrogens is 1. The van der Waals surface area contributed by atoms with Crippen molar-refractivity contribution in [2.24, 2.45) is 0 Å². The Kier molecular flexibility index (Phi) is 8.42. The summed E-state index contributed by atoms with van der Waals surface area (Å²) >= 11 is 0. The molecule has 1 N–H and O–H groups in total. The molecule has 0 fully saturated rings. The van der Waals surface area contributed by atoms with Gasteiger partial charge in [0.05, 0.1) is 36.9 Å². The highest BCUT2D eigenvalue weighted by Gasteiger charge is 2.35. The van der Waals surface area contributed by atoms with Gasteiger partial charge in [0, 0.05) is 11.1 Å². The molecule has 232 valence electrons. The van der Waals surface area contributed by atoms with Gasteiger partial charge >= 0.3 is 12.1 Å². The first-order chi connectivity index (χ1) is 21.3. The van der Waals surface area contributed by atoms with Crippen LogP contribution in [-0.2, 0) is 29.5 Å². The van der Waals surface area contributed by atoms with E-state index < -0.39 is 29.2 Å². The number of amides is 1. The summed E-state index contributed by atoms with van der Waals surface area (Å²) in [5.74, 6) is -2.34. The lowest BCUT2D eigenvalue weighted by Gasteiger charge is -2.25. The lowest BCUT2D eigenvalue weighted by molar-refractivity contribution is -0.153. The van der Waals surface area contributed by atoms with Crippen LogP contribution in [0, 0.1) is 6.92 Å². The van der Waals surface area contributed by atoms with E-state index in [2.05, 4.69) is 4.98 Å². The van der Waals surface area contributed by atoms with Gasteiger partial charge < -0.3 is 19.2 Å². The average Bonchev–Trinajstić information content (AvgIpc) is 3.50. The summed E-state index contributed by atoms with van der Waals surface area (Å²) in [6, 6.07) is 23.7. The minimum absolute atomic E-state index is 0.0324. The fourth-order valence-corrected chi connectivity index (χ4v) is 5.15. The van der Waals surface area contributed by atoms with E-state index in [1.165, 1.54) is 18.1 Å². The summed E-state index contributed by atoms with van der Waals surface area (Å²) in [7, 11) is 1.43. The SMILES string of the molecule is COc1nc(-c2cccc(C(C)(C)C(=O)O)c2)ccc1CN(Cc1ccc(C(F)(F)F)o1)C(=O)c1c(C)ccc2ccccc12. The molecule has 1 amide bonds. The Labute approximate surface area is 257 Å². The molecular formula is C35H31F3N2O5. The number of methoxy groups -OCH3 is 1. The Morgan fingerprint density at radius 1 is 0.933 bits per heavy atom. The maximum Gasteiger partial charge on any atom is 0.449 e. The predicted octanol–water partition coefficient (Wildman–Crippen LogP) is 8.04. The van der Waals surface area contributed by atoms with Crippen molar-refractivity contribution in [2.75, 3.05) is 7.11 Å². The maximum atomic E-state index is 14.2. The predicted molar refractivity (Wildman–Crippen MR) is 163 cm³/mol. The van der Waals surface area contributed by atoms with Crippen LogP contribution < -0.4 is 4.74 Å². The van der Waals surface area contributed by atoms with Crippen LogP contribution in [0.4, 0.5) is 13.2 Å². The normalized spacial score (nSPS) is 11.9. The molecule has 10 heteroatoms. The number of carboxylic acid groups (broad SMARTS) is 1. The standard InChI is InChI=1S/C35H31F3N2O5/c1-21-12-13-22-8-5-6-11-27(22)30(21)32(41)40(20-26-15-17-29(45-26)35(36,37)38)19-24-14-16-28(39-31(24)44-4)23-9-7-10-25(18-23)34(2,3)33(42)43/h5-18H,19-20H2,1-4H3,(H,42,43). The van der Waals surface area contributed by atoms with Crippen LogP contribution in [0.5, 0.6) is 5.88 Å². The summed E-state index contributed by atoms with van der Waals surface area (Å²) in [5, 5.41) is 11.2. The molecule has 3 aromatic carbocycles. The van der Waals surface area contributed by atoms with Gasteiger partial charge in [0.2, 0.25) is 11.6 Å². The first kappa shape index (κ1) is 31.3. The number of pyridine rings is 1. The fraction of sp³-hybridized carbons (Fsp3) is 0.229. The molecule has 2 aromatic heterocycles. The average molecular weight is 617 g/mol. The smallest absolute Gasteiger partial charge is 0.449 e. The van der Waals surface area contributed by atoms with E-state index in [1.807, 2.05) is 43.3 Å². The van der Waals surface area contributed by atoms with Gasteiger partial charge in [0.15, 0.2) is 0 Å². The maximum absolute atomic E-state index is 14.2. The van der Waals surface area contributed by atoms with Gasteiger partial charge in [-0.25, -0.2) is 4.98 Å². The van der Waals surface area contributed by atoms with Crippen molar-refractivity contribution in [3.63, 3.8) is 0 Å². The third-order valence-corrected chi connectivity index (χ3v) is 7.83. The molecule has 0 aliphatic heterocycles. The number of aryl methyl sites for hydroxylation is 1. The van der Waals surface area contributed by atoms with Gasteiger partial charge in [0.25, 0.3) is 5.91 Å². The van der Waals surface area contributed by atoms with E-state index in [0.717, 1.165) is 11.5 Å². The summed E-state index contributed by atoms with van der Waals surface area (Å²) in [6.07, 6.45) is -4.67. The molecule has 5 rings (SSSR count). The number of halogens is 3. The minimum Gasteiger partial charge on any atom is -0.481 e. The van der Waals surface area contributed by atoms with E-state index in [4.69, 9.17) is 9.15 Å². The zero-order valence-corrected chi connectivity index (χ0v) is 25.1. The molecule has 0 spiro atoms. The highest BCUT2D eigenvalue weighted by atomic mass is 19.4. The largest absolute Gasteiger partial charge is 0.481 e. The second-order valence-corrected chi connectivity index (χ2v) is 11.3. The van der Waals surface area contributed by atoms with Crippen molar-refractivity contribution in [1.82, 2.24) is 9.88 Å². The van der Waals surface area contributed by atoms with Gasteiger partial charge in [0.1, 0.15) is 5.76 Å². The molecule has 45 heavy (non-hydrogen) atoms. The molecule has 0 atom stereocenters. The molecule has 0 bridgehead atoms. The van der Waals surface area contributed by atoms with Crippen molar-refractivity contribution in [2.45, 2.75) is 45.5 Å². The van der Waals surface area contributed by atoms with Crippen molar-refractivity contribution in [3.8, 4) is 17.1 Å². The van der Waals surface area contributed by atoms with Crippen LogP contribution in [0.1, 0.15) is 52.4 Å². The first-order valence-corrected chi connectivity index (χ1v) is 14.1. The van der Waals surface area contributed by atoms with Crippen molar-refractivity contribution < 1.29 is 37.0 Å². The molecule has 0 saturated heterocycles. The zero-order chi connectivity index (χ0) is 32.5. The van der Waals surface area contributed by atoms with Gasteiger partial charge in [-0.2, -0.15) is 13.2 Å². The number of alkyl halides is 3. The van der Waals surface area contributed by atoms with Crippen molar-refractivity contribution in [1.29, 1.82) is 0 Å². The molecule has 0 radical (unpaired) electrons. The summed E-state index contributed by atoms with van der Waals surface area (Å²) < 4.78 is 50.7. The van der Waals surface area contributed by atoms with Crippen molar-refractivity contribution in [3.05, 3.63) is 119 Å². The van der Waals surface area contributed by atoms with Crippen LogP contribution in [0.15, 0.2) is 89.3 Å². The topological polar surface area (TPSA) is 92.9 Å². The Morgan fingerprint density at radius 2 is 1.69 bits per heavy atom. The zero-order valence-electron chi connectivity index (χ0n) is 25.1. The Bertz CT molecular complexity index is 1890. The highest BCUT2D eigenvalue weighted by molar-refractivity contribution is 6.08. The van der Waals surface area contributed by atoms with Crippen LogP contribution in [0.25, 0.3) is 22.0 Å². The van der Waals surface area contributed by atoms with E-state index in [0.29, 0.717) is 38.9 Å². The second-order valence-electron chi connectivity index (χ2n) is 11.3. The molecule has 7 nitrogen and oxygen atoms in total. The van der Waals surface area contributed by atoms with E-state index in [9.17, 15) is 27.9 Å². The number of aliphatic carboxylic acids is 1. The molecule has 5 aromatic rings. The molecule has 0 saturated carbocycles. The Morgan fingerprint density at radius 3 is 2.38 bits per heavy atom. The number of benzene rings is 3. The quantitative estimate of drug-likeness (QED) is 0.180. The molecule has 0 unspecified atom stereocenters. The van der Waals surface area contributed by atoms with Crippen LogP contribution >= 0.6 is 0 Å². The van der Waals surface area contributed by atoms with E-state index in [-0.39, 0.29) is 24.7 Å². The number of carbonyl (C=O) groups excluding carboxylic acids is 1. The fourth-order valence-electron chi connectivity index (χ4n) is 5.15. The van der Waals surface area contributed by atoms with E-state index in [1.54, 1.807) is 50.2 Å². The summed E-state index contributed by atoms with van der Waals surface area (Å²) in [4.78, 5) is 32.1. The lowest BCUT2D eigenvalue weighted by atomic mass is 9.84. The molecule has 2 heterocycles. The van der Waals surface area contributed by atoms with Crippen LogP contribution in [0.3, 0.4) is 0 Å². The van der Waals surface area contributed by atoms with E-state index >= 15 is 0 Å². The van der Waals surface area contributed by atoms with Gasteiger partial charge in [-0.05, 0) is 73.0 Å². The number of furan rings is 1. The Balaban J connectivity index is 1.54. The summed E-state index contributed by atoms with van der Waals surface area (Å²) in [6.45, 7) is 4.75. The number of hydrogen-bond acceptors (Lipinski definition) is 5. The van der Waals surface area contributed by atoms with Gasteiger partial charge in [-0.3, -0.25) is 9.59 Å². The lowest BCUT2D eigenvalue weighted by Crippen LogP contribution is -2.31. The first-order valence-electron chi connectivity index (χ1n) is 14.1. The molecule has 0 aliphatic rings. The van der Waals surface area contributed by atoms with Crippen LogP contribution in [-0.4, -0.2) is 34.0 Å². The van der Waals surface area contributed by atoms with Gasteiger partial charge in [-0.15, -0.1) is 0 Å². The Hall–Kier alpha value is -5.12. The third kappa shape index (κ3) is 6.40. The number of nitrogens with zero attached hydrogens (tertiary/aromatic N) is 2. The minimum atomic E-state index is -4.67. The molecular weight excluding hydrogens is 585 g/mol. The second kappa shape index (κ2) is 12.1. The number of ether oxygens (including phenoxy) is 1. The van der Waals surface area contributed by atoms with Crippen LogP contribution in [0.2, 0.25) is 0 Å². The number of carboxylic acids is 1. The number of carbonyl (C=O) groups is 2. The van der Waals surface area contributed by atoms with Crippen molar-refractivity contribution >= 4 is 22.6 Å². The third-order valence-electron chi connectivity index (χ3n) is 7.83. The number of fused-ring (bicyclic) bond motifs is 1. The monoisotopic (exact) mass is 616 g/mol. The molecule has 0 aliphatic carbocycles. The number of rotatable bonds is 9. The summed E-state index contributed by atoms with van der Waals surface area (Å²) in [5.41, 5.74) is 2.30. The highest BCUT2D eigenvalue weighted by Crippen LogP contribution is 2.33. The number of hydrogen-bond donors (Lipinski definition) is 1. The van der Waals surface area contributed by atoms with Gasteiger partial charge in [-0.1, -0.05) is 54.6 Å².